The van der Waals surface area contributed by atoms with Gasteiger partial charge in [-0.25, -0.2) is 0 Å². The number of piperazine rings is 1. The summed E-state index contributed by atoms with van der Waals surface area (Å²) >= 11 is 5.37. The van der Waals surface area contributed by atoms with E-state index in [1.165, 1.54) is 19.8 Å². The Bertz CT molecular complexity index is 743. The number of halogens is 2. The molecule has 0 aliphatic carbocycles. The largest absolute Gasteiger partial charge is 0.356 e. The van der Waals surface area contributed by atoms with Gasteiger partial charge in [-0.1, -0.05) is 0 Å². The predicted molar refractivity (Wildman–Crippen MR) is 128 cm³/mol. The Morgan fingerprint density at radius 3 is 2.67 bits per heavy atom. The van der Waals surface area contributed by atoms with Crippen molar-refractivity contribution in [3.05, 3.63) is 50.4 Å². The van der Waals surface area contributed by atoms with Crippen LogP contribution >= 0.6 is 51.2 Å². The molecule has 2 aromatic heterocycles. The fraction of sp³-hybridized carbons (Fsp3) is 0.474. The van der Waals surface area contributed by atoms with Crippen LogP contribution in [0.2, 0.25) is 0 Å². The molecule has 8 heteroatoms. The van der Waals surface area contributed by atoms with Gasteiger partial charge >= 0.3 is 0 Å². The third-order valence-corrected chi connectivity index (χ3v) is 6.31. The van der Waals surface area contributed by atoms with Crippen LogP contribution in [0.5, 0.6) is 0 Å². The van der Waals surface area contributed by atoms with Crippen molar-refractivity contribution < 1.29 is 0 Å². The summed E-state index contributed by atoms with van der Waals surface area (Å²) < 4.78 is 1.21. The molecule has 3 heterocycles. The molecule has 0 saturated carbocycles. The molecule has 1 N–H and O–H groups in total. The van der Waals surface area contributed by atoms with Crippen molar-refractivity contribution in [1.29, 1.82) is 0 Å². The van der Waals surface area contributed by atoms with Crippen LogP contribution in [0.15, 0.2) is 39.4 Å². The smallest absolute Gasteiger partial charge is 0.193 e. The van der Waals surface area contributed by atoms with Crippen LogP contribution in [-0.2, 0) is 13.0 Å². The molecule has 1 saturated heterocycles. The van der Waals surface area contributed by atoms with Gasteiger partial charge in [0.15, 0.2) is 5.96 Å². The number of rotatable bonds is 5. The highest BCUT2D eigenvalue weighted by atomic mass is 127. The van der Waals surface area contributed by atoms with Gasteiger partial charge in [0.25, 0.3) is 0 Å². The van der Waals surface area contributed by atoms with Crippen molar-refractivity contribution in [2.45, 2.75) is 19.9 Å². The number of guanidine groups is 1. The van der Waals surface area contributed by atoms with Gasteiger partial charge in [0.05, 0.1) is 3.79 Å². The van der Waals surface area contributed by atoms with Gasteiger partial charge in [0.1, 0.15) is 0 Å². The third kappa shape index (κ3) is 6.69. The number of hydrogen-bond donors (Lipinski definition) is 1. The Labute approximate surface area is 191 Å². The first-order chi connectivity index (χ1) is 12.7. The van der Waals surface area contributed by atoms with E-state index < -0.39 is 0 Å². The molecular formula is C19H27BrIN5S. The normalized spacial score (nSPS) is 15.5. The summed E-state index contributed by atoms with van der Waals surface area (Å²) in [4.78, 5) is 14.9. The summed E-state index contributed by atoms with van der Waals surface area (Å²) in [5.41, 5.74) is 2.59. The zero-order chi connectivity index (χ0) is 18.4. The van der Waals surface area contributed by atoms with Gasteiger partial charge in [-0.2, -0.15) is 0 Å². The quantitative estimate of drug-likeness (QED) is 0.342. The Morgan fingerprint density at radius 2 is 2.04 bits per heavy atom. The summed E-state index contributed by atoms with van der Waals surface area (Å²) in [6.45, 7) is 8.21. The second-order valence-corrected chi connectivity index (χ2v) is 9.04. The molecule has 148 valence electrons. The van der Waals surface area contributed by atoms with Crippen molar-refractivity contribution in [2.75, 3.05) is 39.8 Å². The van der Waals surface area contributed by atoms with Gasteiger partial charge in [-0.3, -0.25) is 14.9 Å². The van der Waals surface area contributed by atoms with Crippen LogP contribution in [0.3, 0.4) is 0 Å². The van der Waals surface area contributed by atoms with Gasteiger partial charge in [0.2, 0.25) is 0 Å². The number of thiophene rings is 1. The minimum atomic E-state index is 0. The number of nitrogens with one attached hydrogen (secondary N) is 1. The van der Waals surface area contributed by atoms with Crippen molar-refractivity contribution >= 4 is 57.2 Å². The van der Waals surface area contributed by atoms with E-state index in [1.54, 1.807) is 0 Å². The lowest BCUT2D eigenvalue weighted by Crippen LogP contribution is -2.52. The van der Waals surface area contributed by atoms with E-state index in [4.69, 9.17) is 0 Å². The average Bonchev–Trinajstić information content (AvgIpc) is 3.06. The molecule has 0 amide bonds. The lowest BCUT2D eigenvalue weighted by molar-refractivity contribution is 0.174. The predicted octanol–water partition coefficient (Wildman–Crippen LogP) is 3.77. The van der Waals surface area contributed by atoms with Crippen LogP contribution in [0.4, 0.5) is 0 Å². The first-order valence-electron chi connectivity index (χ1n) is 8.97. The SMILES string of the molecule is CN=C(NCCc1ccncc1C)N1CCN(Cc2ccc(Br)s2)CC1.I. The lowest BCUT2D eigenvalue weighted by atomic mass is 10.1. The van der Waals surface area contributed by atoms with E-state index in [-0.39, 0.29) is 24.0 Å². The topological polar surface area (TPSA) is 43.8 Å². The number of hydrogen-bond acceptors (Lipinski definition) is 4. The number of aliphatic imine (C=N–C) groups is 1. The minimum Gasteiger partial charge on any atom is -0.356 e. The molecule has 1 aliphatic heterocycles. The summed E-state index contributed by atoms with van der Waals surface area (Å²) in [6.07, 6.45) is 4.78. The highest BCUT2D eigenvalue weighted by Gasteiger charge is 2.19. The molecular weight excluding hydrogens is 537 g/mol. The van der Waals surface area contributed by atoms with E-state index in [0.29, 0.717) is 0 Å². The molecule has 2 aromatic rings. The van der Waals surface area contributed by atoms with Gasteiger partial charge in [-0.15, -0.1) is 35.3 Å². The second-order valence-electron chi connectivity index (χ2n) is 6.50. The maximum Gasteiger partial charge on any atom is 0.193 e. The zero-order valence-corrected chi connectivity index (χ0v) is 20.6. The highest BCUT2D eigenvalue weighted by molar-refractivity contribution is 14.0. The molecule has 27 heavy (non-hydrogen) atoms. The number of aromatic nitrogens is 1. The van der Waals surface area contributed by atoms with Gasteiger partial charge in [0, 0.05) is 63.6 Å². The summed E-state index contributed by atoms with van der Waals surface area (Å²) in [5.74, 6) is 1.01. The van der Waals surface area contributed by atoms with Crippen LogP contribution in [0, 0.1) is 6.92 Å². The second kappa shape index (κ2) is 11.3. The Morgan fingerprint density at radius 1 is 1.26 bits per heavy atom. The summed E-state index contributed by atoms with van der Waals surface area (Å²) in [6, 6.07) is 6.44. The van der Waals surface area contributed by atoms with Crippen LogP contribution in [0.1, 0.15) is 16.0 Å². The van der Waals surface area contributed by atoms with Crippen LogP contribution in [-0.4, -0.2) is 60.5 Å². The third-order valence-electron chi connectivity index (χ3n) is 4.71. The van der Waals surface area contributed by atoms with Crippen molar-refractivity contribution in [3.63, 3.8) is 0 Å². The van der Waals surface area contributed by atoms with Gasteiger partial charge < -0.3 is 10.2 Å². The average molecular weight is 564 g/mol. The highest BCUT2D eigenvalue weighted by Crippen LogP contribution is 2.23. The first-order valence-corrected chi connectivity index (χ1v) is 10.6. The summed E-state index contributed by atoms with van der Waals surface area (Å²) in [7, 11) is 1.87. The molecule has 0 bridgehead atoms. The lowest BCUT2D eigenvalue weighted by Gasteiger charge is -2.36. The maximum atomic E-state index is 4.47. The van der Waals surface area contributed by atoms with Crippen LogP contribution < -0.4 is 5.32 Å². The molecule has 0 spiro atoms. The number of pyridine rings is 1. The van der Waals surface area contributed by atoms with E-state index in [0.717, 1.165) is 51.6 Å². The van der Waals surface area contributed by atoms with Crippen molar-refractivity contribution in [2.24, 2.45) is 4.99 Å². The van der Waals surface area contributed by atoms with Gasteiger partial charge in [-0.05, 0) is 58.6 Å². The maximum absolute atomic E-state index is 4.47. The summed E-state index contributed by atoms with van der Waals surface area (Å²) in [5, 5.41) is 3.52. The van der Waals surface area contributed by atoms with Crippen LogP contribution in [0.25, 0.3) is 0 Å². The molecule has 0 radical (unpaired) electrons. The fourth-order valence-electron chi connectivity index (χ4n) is 3.20. The van der Waals surface area contributed by atoms with E-state index in [9.17, 15) is 0 Å². The minimum absolute atomic E-state index is 0. The van der Waals surface area contributed by atoms with E-state index in [2.05, 4.69) is 66.1 Å². The van der Waals surface area contributed by atoms with E-state index >= 15 is 0 Å². The Balaban J connectivity index is 0.00000261. The van der Waals surface area contributed by atoms with E-state index in [1.807, 2.05) is 30.8 Å². The standard InChI is InChI=1S/C19H26BrN5S.HI/c1-15-13-22-7-5-16(15)6-8-23-19(21-2)25-11-9-24(10-12-25)14-17-3-4-18(20)26-17;/h3-5,7,13H,6,8-12,14H2,1-2H3,(H,21,23);1H. The van der Waals surface area contributed by atoms with Crippen molar-refractivity contribution in [3.8, 4) is 0 Å². The molecule has 0 aromatic carbocycles. The molecule has 0 atom stereocenters. The Kier molecular flexibility index (Phi) is 9.47. The zero-order valence-electron chi connectivity index (χ0n) is 15.8. The monoisotopic (exact) mass is 563 g/mol. The first kappa shape index (κ1) is 22.6. The molecule has 0 unspecified atom stereocenters. The van der Waals surface area contributed by atoms with Crippen molar-refractivity contribution in [1.82, 2.24) is 20.1 Å². The number of nitrogens with zero attached hydrogens (tertiary/aromatic N) is 4. The number of aryl methyl sites for hydroxylation is 1. The molecule has 1 fully saturated rings. The fourth-order valence-corrected chi connectivity index (χ4v) is 4.72. The molecule has 1 aliphatic rings. The molecule has 5 nitrogen and oxygen atoms in total. The molecule has 3 rings (SSSR count). The Hall–Kier alpha value is -0.710.